The molecule has 14 nitrogen and oxygen atoms in total. The van der Waals surface area contributed by atoms with Gasteiger partial charge in [-0.3, -0.25) is 14.4 Å². The normalized spacial score (nSPS) is 18.2. The average Bonchev–Trinajstić information content (AvgIpc) is 3.98. The maximum absolute atomic E-state index is 14.3. The summed E-state index contributed by atoms with van der Waals surface area (Å²) in [7, 11) is 0. The van der Waals surface area contributed by atoms with Gasteiger partial charge in [-0.15, -0.1) is 32.9 Å². The van der Waals surface area contributed by atoms with Gasteiger partial charge in [0.25, 0.3) is 5.91 Å². The van der Waals surface area contributed by atoms with Crippen molar-refractivity contribution in [2.24, 2.45) is 5.41 Å². The van der Waals surface area contributed by atoms with Gasteiger partial charge in [0.2, 0.25) is 17.8 Å². The Morgan fingerprint density at radius 2 is 1.65 bits per heavy atom. The number of aliphatic hydroxyl groups excluding tert-OH is 1. The summed E-state index contributed by atoms with van der Waals surface area (Å²) in [6.07, 6.45) is 3.93. The standard InChI is InChI=1S/C46H51N9O5S2/c1-25-34-20-35(33-9-7-8-10-37(33)57)52-53-43(34)62-38(25)30-15-17-54(18-16-30)45-47-21-31(22-48-45)41(58)51-40(46(4,5)6)44(60)55-23-32(56)19-36(55)42(59)50-26(2)28-11-13-29(14-12-28)39-27(3)49-24-61-39/h7-14,20-22,24,26,30,32,36,40,56-57H,15-19,23H2,1-6H3,(H,50,59)(H,51,58)/t26-,32+,36-,40+/m0/s1. The van der Waals surface area contributed by atoms with Gasteiger partial charge in [0, 0.05) is 54.3 Å². The third kappa shape index (κ3) is 8.76. The minimum absolute atomic E-state index is 0.0255. The number of nitrogens with zero attached hydrogens (tertiary/aromatic N) is 7. The number of nitrogens with one attached hydrogen (secondary N) is 2. The first-order valence-corrected chi connectivity index (χ1v) is 22.6. The number of phenolic OH excluding ortho intramolecular Hbond substituents is 1. The molecule has 6 heterocycles. The van der Waals surface area contributed by atoms with E-state index in [4.69, 9.17) is 0 Å². The molecule has 0 unspecified atom stereocenters. The Kier molecular flexibility index (Phi) is 12.1. The van der Waals surface area contributed by atoms with Crippen LogP contribution in [0.25, 0.3) is 31.9 Å². The van der Waals surface area contributed by atoms with Gasteiger partial charge >= 0.3 is 0 Å². The zero-order chi connectivity index (χ0) is 43.9. The molecule has 0 radical (unpaired) electrons. The van der Waals surface area contributed by atoms with Crippen molar-refractivity contribution < 1.29 is 24.6 Å². The molecule has 4 aromatic heterocycles. The molecule has 8 rings (SSSR count). The number of benzene rings is 2. The van der Waals surface area contributed by atoms with Gasteiger partial charge in [0.05, 0.1) is 39.5 Å². The van der Waals surface area contributed by atoms with E-state index in [-0.39, 0.29) is 36.2 Å². The van der Waals surface area contributed by atoms with Crippen LogP contribution < -0.4 is 15.5 Å². The lowest BCUT2D eigenvalue weighted by Gasteiger charge is -2.35. The van der Waals surface area contributed by atoms with Gasteiger partial charge in [-0.25, -0.2) is 15.0 Å². The van der Waals surface area contributed by atoms with Crippen molar-refractivity contribution in [3.63, 3.8) is 0 Å². The van der Waals surface area contributed by atoms with Gasteiger partial charge in [0.15, 0.2) is 0 Å². The van der Waals surface area contributed by atoms with Crippen molar-refractivity contribution >= 4 is 56.6 Å². The summed E-state index contributed by atoms with van der Waals surface area (Å²) in [5.74, 6) is -0.304. The Labute approximate surface area is 368 Å². The Balaban J connectivity index is 0.885. The lowest BCUT2D eigenvalue weighted by molar-refractivity contribution is -0.142. The SMILES string of the molecule is Cc1ncsc1-c1ccc([C@H](C)NC(=O)[C@@H]2C[C@@H](O)CN2C(=O)[C@@H](NC(=O)c2cnc(N3CCC(c4sc5nnc(-c6ccccc6O)cc5c4C)CC3)nc2)C(C)(C)C)cc1. The molecule has 2 saturated heterocycles. The predicted octanol–water partition coefficient (Wildman–Crippen LogP) is 6.96. The number of amides is 3. The fourth-order valence-corrected chi connectivity index (χ4v) is 10.5. The number of phenols is 1. The molecule has 16 heteroatoms. The van der Waals surface area contributed by atoms with Crippen molar-refractivity contribution in [1.82, 2.24) is 40.7 Å². The Morgan fingerprint density at radius 3 is 2.31 bits per heavy atom. The van der Waals surface area contributed by atoms with E-state index in [1.165, 1.54) is 27.7 Å². The number of para-hydroxylation sites is 1. The number of rotatable bonds is 10. The number of carbonyl (C=O) groups is 3. The van der Waals surface area contributed by atoms with E-state index in [1.54, 1.807) is 34.8 Å². The fraction of sp³-hybridized carbons (Fsp3) is 0.391. The van der Waals surface area contributed by atoms with Crippen molar-refractivity contribution in [3.05, 3.63) is 99.8 Å². The number of aromatic hydroxyl groups is 1. The maximum Gasteiger partial charge on any atom is 0.255 e. The number of likely N-dealkylation sites (tertiary alicyclic amines) is 1. The number of thiazole rings is 1. The summed E-state index contributed by atoms with van der Waals surface area (Å²) < 4.78 is 0. The number of carbonyl (C=O) groups excluding carboxylic acids is 3. The first-order valence-electron chi connectivity index (χ1n) is 20.9. The summed E-state index contributed by atoms with van der Waals surface area (Å²) in [6, 6.07) is 14.8. The monoisotopic (exact) mass is 873 g/mol. The lowest BCUT2D eigenvalue weighted by atomic mass is 9.85. The first-order chi connectivity index (χ1) is 29.7. The third-order valence-electron chi connectivity index (χ3n) is 12.0. The molecule has 6 aromatic rings. The van der Waals surface area contributed by atoms with Crippen LogP contribution >= 0.6 is 22.7 Å². The lowest BCUT2D eigenvalue weighted by Crippen LogP contribution is -2.57. The Bertz CT molecular complexity index is 2600. The molecular formula is C46H51N9O5S2. The van der Waals surface area contributed by atoms with Crippen LogP contribution in [0.5, 0.6) is 5.75 Å². The number of aryl methyl sites for hydroxylation is 2. The Morgan fingerprint density at radius 1 is 0.935 bits per heavy atom. The van der Waals surface area contributed by atoms with Crippen LogP contribution in [0.1, 0.15) is 91.0 Å². The molecule has 2 fully saturated rings. The van der Waals surface area contributed by atoms with Crippen LogP contribution in [0.3, 0.4) is 0 Å². The number of hydrogen-bond acceptors (Lipinski definition) is 13. The first kappa shape index (κ1) is 42.8. The van der Waals surface area contributed by atoms with Crippen molar-refractivity contribution in [2.45, 2.75) is 91.0 Å². The smallest absolute Gasteiger partial charge is 0.255 e. The largest absolute Gasteiger partial charge is 0.507 e. The number of aromatic nitrogens is 5. The number of anilines is 1. The van der Waals surface area contributed by atoms with Crippen LogP contribution in [0.4, 0.5) is 5.95 Å². The highest BCUT2D eigenvalue weighted by Gasteiger charge is 2.45. The number of hydrogen-bond donors (Lipinski definition) is 4. The number of aliphatic hydroxyl groups is 1. The van der Waals surface area contributed by atoms with E-state index >= 15 is 0 Å². The average molecular weight is 874 g/mol. The maximum atomic E-state index is 14.3. The van der Waals surface area contributed by atoms with Crippen molar-refractivity contribution in [2.75, 3.05) is 24.5 Å². The zero-order valence-electron chi connectivity index (χ0n) is 35.6. The minimum Gasteiger partial charge on any atom is -0.507 e. The van der Waals surface area contributed by atoms with E-state index in [0.717, 1.165) is 57.8 Å². The van der Waals surface area contributed by atoms with E-state index in [2.05, 4.69) is 47.6 Å². The summed E-state index contributed by atoms with van der Waals surface area (Å²) in [4.78, 5) is 61.9. The fourth-order valence-electron chi connectivity index (χ4n) is 8.42. The second-order valence-electron chi connectivity index (χ2n) is 17.4. The second-order valence-corrected chi connectivity index (χ2v) is 19.3. The molecule has 62 heavy (non-hydrogen) atoms. The highest BCUT2D eigenvalue weighted by Crippen LogP contribution is 2.41. The summed E-state index contributed by atoms with van der Waals surface area (Å²) >= 11 is 3.25. The van der Waals surface area contributed by atoms with E-state index in [9.17, 15) is 24.6 Å². The highest BCUT2D eigenvalue weighted by atomic mass is 32.1. The van der Waals surface area contributed by atoms with Gasteiger partial charge in [-0.1, -0.05) is 57.2 Å². The quantitative estimate of drug-likeness (QED) is 0.112. The topological polar surface area (TPSA) is 187 Å². The summed E-state index contributed by atoms with van der Waals surface area (Å²) in [5, 5.41) is 37.0. The van der Waals surface area contributed by atoms with Gasteiger partial charge in [-0.2, -0.15) is 0 Å². The van der Waals surface area contributed by atoms with Crippen molar-refractivity contribution in [1.29, 1.82) is 0 Å². The number of fused-ring (bicyclic) bond motifs is 1. The van der Waals surface area contributed by atoms with E-state index in [1.807, 2.05) is 82.6 Å². The third-order valence-corrected chi connectivity index (χ3v) is 14.3. The number of β-amino-alcohol motifs (C(OH)–C–C–N with tert-alkyl or cyclic N) is 1. The molecule has 2 aliphatic rings. The van der Waals surface area contributed by atoms with Crippen LogP contribution in [-0.4, -0.2) is 95.8 Å². The van der Waals surface area contributed by atoms with Crippen LogP contribution in [-0.2, 0) is 9.59 Å². The molecule has 0 saturated carbocycles. The summed E-state index contributed by atoms with van der Waals surface area (Å²) in [5.41, 5.74) is 6.68. The van der Waals surface area contributed by atoms with E-state index in [0.29, 0.717) is 23.1 Å². The molecule has 0 spiro atoms. The summed E-state index contributed by atoms with van der Waals surface area (Å²) in [6.45, 7) is 13.0. The van der Waals surface area contributed by atoms with Crippen LogP contribution in [0.15, 0.2) is 72.5 Å². The molecular weight excluding hydrogens is 823 g/mol. The number of thiophene rings is 1. The molecule has 322 valence electrons. The number of piperidine rings is 1. The Hall–Kier alpha value is -5.84. The molecule has 0 bridgehead atoms. The molecule has 2 aromatic carbocycles. The van der Waals surface area contributed by atoms with Crippen LogP contribution in [0, 0.1) is 19.3 Å². The molecule has 4 N–H and O–H groups in total. The highest BCUT2D eigenvalue weighted by molar-refractivity contribution is 7.19. The minimum atomic E-state index is -1.00. The van der Waals surface area contributed by atoms with Crippen molar-refractivity contribution in [3.8, 4) is 27.4 Å². The van der Waals surface area contributed by atoms with E-state index < -0.39 is 35.4 Å². The second kappa shape index (κ2) is 17.5. The molecule has 3 amide bonds. The molecule has 2 aliphatic heterocycles. The van der Waals surface area contributed by atoms with Crippen LogP contribution in [0.2, 0.25) is 0 Å². The van der Waals surface area contributed by atoms with Gasteiger partial charge in [-0.05, 0) is 79.8 Å². The zero-order valence-corrected chi connectivity index (χ0v) is 37.3. The van der Waals surface area contributed by atoms with Gasteiger partial charge < -0.3 is 30.6 Å². The molecule has 0 aliphatic carbocycles. The molecule has 4 atom stereocenters. The predicted molar refractivity (Wildman–Crippen MR) is 241 cm³/mol. The van der Waals surface area contributed by atoms with Gasteiger partial charge in [0.1, 0.15) is 22.7 Å².